The van der Waals surface area contributed by atoms with E-state index in [4.69, 9.17) is 28.9 Å². The number of aliphatic hydroxyl groups is 1. The van der Waals surface area contributed by atoms with Crippen LogP contribution in [-0.4, -0.2) is 23.2 Å². The Morgan fingerprint density at radius 3 is 2.47 bits per heavy atom. The summed E-state index contributed by atoms with van der Waals surface area (Å²) in [5.74, 6) is -0.216. The van der Waals surface area contributed by atoms with Gasteiger partial charge in [-0.1, -0.05) is 23.2 Å². The van der Waals surface area contributed by atoms with Crippen LogP contribution in [0.4, 0.5) is 5.69 Å². The minimum absolute atomic E-state index is 0.0894. The number of anilines is 1. The van der Waals surface area contributed by atoms with Crippen molar-refractivity contribution in [3.63, 3.8) is 0 Å². The SMILES string of the molecule is Nc1cc(C(=O)NC2CCC(O)CC2)cc(Cl)c1Cl. The lowest BCUT2D eigenvalue weighted by atomic mass is 9.93. The summed E-state index contributed by atoms with van der Waals surface area (Å²) in [6.45, 7) is 0. The van der Waals surface area contributed by atoms with E-state index in [0.29, 0.717) is 24.1 Å². The Hall–Kier alpha value is -0.970. The molecule has 0 atom stereocenters. The van der Waals surface area contributed by atoms with E-state index in [9.17, 15) is 9.90 Å². The fourth-order valence-electron chi connectivity index (χ4n) is 2.23. The molecule has 0 saturated heterocycles. The maximum atomic E-state index is 12.1. The van der Waals surface area contributed by atoms with Gasteiger partial charge in [0, 0.05) is 11.6 Å². The largest absolute Gasteiger partial charge is 0.397 e. The highest BCUT2D eigenvalue weighted by molar-refractivity contribution is 6.43. The van der Waals surface area contributed by atoms with E-state index in [1.165, 1.54) is 12.1 Å². The summed E-state index contributed by atoms with van der Waals surface area (Å²) < 4.78 is 0. The zero-order valence-electron chi connectivity index (χ0n) is 10.3. The van der Waals surface area contributed by atoms with E-state index in [-0.39, 0.29) is 28.1 Å². The molecule has 6 heteroatoms. The van der Waals surface area contributed by atoms with Crippen molar-refractivity contribution in [3.8, 4) is 0 Å². The third-order valence-corrected chi connectivity index (χ3v) is 4.17. The highest BCUT2D eigenvalue weighted by Gasteiger charge is 2.21. The molecule has 1 aromatic rings. The number of amides is 1. The van der Waals surface area contributed by atoms with E-state index >= 15 is 0 Å². The predicted octanol–water partition coefficient (Wildman–Crippen LogP) is 2.61. The van der Waals surface area contributed by atoms with Crippen molar-refractivity contribution in [1.29, 1.82) is 0 Å². The van der Waals surface area contributed by atoms with Gasteiger partial charge in [-0.25, -0.2) is 0 Å². The van der Waals surface area contributed by atoms with Gasteiger partial charge in [-0.15, -0.1) is 0 Å². The van der Waals surface area contributed by atoms with Gasteiger partial charge in [0.05, 0.1) is 21.8 Å². The number of nitrogen functional groups attached to an aromatic ring is 1. The van der Waals surface area contributed by atoms with Gasteiger partial charge in [0.15, 0.2) is 0 Å². The van der Waals surface area contributed by atoms with Crippen LogP contribution in [0.3, 0.4) is 0 Å². The summed E-state index contributed by atoms with van der Waals surface area (Å²) in [7, 11) is 0. The normalized spacial score (nSPS) is 23.1. The molecule has 1 aliphatic carbocycles. The predicted molar refractivity (Wildman–Crippen MR) is 76.6 cm³/mol. The lowest BCUT2D eigenvalue weighted by molar-refractivity contribution is 0.0867. The molecule has 0 aliphatic heterocycles. The summed E-state index contributed by atoms with van der Waals surface area (Å²) in [4.78, 5) is 12.1. The lowest BCUT2D eigenvalue weighted by Gasteiger charge is -2.26. The Bertz CT molecular complexity index is 463. The third kappa shape index (κ3) is 3.53. The van der Waals surface area contributed by atoms with Crippen LogP contribution >= 0.6 is 23.2 Å². The molecular weight excluding hydrogens is 287 g/mol. The first-order valence-electron chi connectivity index (χ1n) is 6.21. The van der Waals surface area contributed by atoms with E-state index in [2.05, 4.69) is 5.32 Å². The monoisotopic (exact) mass is 302 g/mol. The maximum Gasteiger partial charge on any atom is 0.251 e. The Morgan fingerprint density at radius 2 is 1.89 bits per heavy atom. The molecule has 0 bridgehead atoms. The molecular formula is C13H16Cl2N2O2. The second-order valence-electron chi connectivity index (χ2n) is 4.84. The second kappa shape index (κ2) is 5.99. The van der Waals surface area contributed by atoms with Crippen LogP contribution in [0.5, 0.6) is 0 Å². The maximum absolute atomic E-state index is 12.1. The van der Waals surface area contributed by atoms with Crippen LogP contribution < -0.4 is 11.1 Å². The number of hydrogen-bond acceptors (Lipinski definition) is 3. The van der Waals surface area contributed by atoms with Crippen LogP contribution in [0.25, 0.3) is 0 Å². The number of halogens is 2. The lowest BCUT2D eigenvalue weighted by Crippen LogP contribution is -2.38. The van der Waals surface area contributed by atoms with Crippen LogP contribution in [0.1, 0.15) is 36.0 Å². The molecule has 19 heavy (non-hydrogen) atoms. The summed E-state index contributed by atoms with van der Waals surface area (Å²) >= 11 is 11.7. The highest BCUT2D eigenvalue weighted by atomic mass is 35.5. The van der Waals surface area contributed by atoms with Crippen LogP contribution in [0.2, 0.25) is 10.0 Å². The van der Waals surface area contributed by atoms with Crippen molar-refractivity contribution in [1.82, 2.24) is 5.32 Å². The molecule has 1 fully saturated rings. The molecule has 1 amide bonds. The topological polar surface area (TPSA) is 75.4 Å². The summed E-state index contributed by atoms with van der Waals surface area (Å²) in [5.41, 5.74) is 6.37. The van der Waals surface area contributed by atoms with Gasteiger partial charge in [0.25, 0.3) is 5.91 Å². The van der Waals surface area contributed by atoms with Crippen molar-refractivity contribution in [3.05, 3.63) is 27.7 Å². The molecule has 1 saturated carbocycles. The zero-order valence-corrected chi connectivity index (χ0v) is 11.8. The Kier molecular flexibility index (Phi) is 4.55. The zero-order chi connectivity index (χ0) is 14.0. The molecule has 0 heterocycles. The number of aliphatic hydroxyl groups excluding tert-OH is 1. The quantitative estimate of drug-likeness (QED) is 0.735. The van der Waals surface area contributed by atoms with E-state index in [1.807, 2.05) is 0 Å². The van der Waals surface area contributed by atoms with Crippen molar-refractivity contribution < 1.29 is 9.90 Å². The van der Waals surface area contributed by atoms with Crippen molar-refractivity contribution in [2.75, 3.05) is 5.73 Å². The van der Waals surface area contributed by atoms with Gasteiger partial charge in [-0.2, -0.15) is 0 Å². The Balaban J connectivity index is 2.04. The average Bonchev–Trinajstić information content (AvgIpc) is 2.38. The number of rotatable bonds is 2. The molecule has 0 radical (unpaired) electrons. The minimum Gasteiger partial charge on any atom is -0.397 e. The molecule has 1 aliphatic rings. The number of nitrogens with one attached hydrogen (secondary N) is 1. The first-order valence-corrected chi connectivity index (χ1v) is 6.96. The van der Waals surface area contributed by atoms with Gasteiger partial charge in [0.1, 0.15) is 0 Å². The molecule has 4 nitrogen and oxygen atoms in total. The molecule has 0 spiro atoms. The average molecular weight is 303 g/mol. The van der Waals surface area contributed by atoms with Crippen molar-refractivity contribution in [2.45, 2.75) is 37.8 Å². The molecule has 104 valence electrons. The first-order chi connectivity index (χ1) is 8.97. The van der Waals surface area contributed by atoms with Crippen molar-refractivity contribution >= 4 is 34.8 Å². The van der Waals surface area contributed by atoms with Gasteiger partial charge >= 0.3 is 0 Å². The molecule has 4 N–H and O–H groups in total. The van der Waals surface area contributed by atoms with Gasteiger partial charge < -0.3 is 16.2 Å². The fourth-order valence-corrected chi connectivity index (χ4v) is 2.57. The molecule has 0 aromatic heterocycles. The van der Waals surface area contributed by atoms with Crippen LogP contribution in [-0.2, 0) is 0 Å². The van der Waals surface area contributed by atoms with Crippen LogP contribution in [0.15, 0.2) is 12.1 Å². The van der Waals surface area contributed by atoms with Gasteiger partial charge in [-0.05, 0) is 37.8 Å². The number of hydrogen-bond donors (Lipinski definition) is 3. The number of nitrogens with two attached hydrogens (primary N) is 1. The second-order valence-corrected chi connectivity index (χ2v) is 5.63. The highest BCUT2D eigenvalue weighted by Crippen LogP contribution is 2.29. The minimum atomic E-state index is -0.242. The molecule has 1 aromatic carbocycles. The van der Waals surface area contributed by atoms with Gasteiger partial charge in [0.2, 0.25) is 0 Å². The number of benzene rings is 1. The summed E-state index contributed by atoms with van der Waals surface area (Å²) in [6, 6.07) is 3.11. The molecule has 2 rings (SSSR count). The van der Waals surface area contributed by atoms with Crippen LogP contribution in [0, 0.1) is 0 Å². The first kappa shape index (κ1) is 14.4. The summed E-state index contributed by atoms with van der Waals surface area (Å²) in [5, 5.41) is 12.9. The Morgan fingerprint density at radius 1 is 1.26 bits per heavy atom. The van der Waals surface area contributed by atoms with Gasteiger partial charge in [-0.3, -0.25) is 4.79 Å². The van der Waals surface area contributed by atoms with E-state index in [1.54, 1.807) is 0 Å². The fraction of sp³-hybridized carbons (Fsp3) is 0.462. The molecule has 0 unspecified atom stereocenters. The Labute approximate surface area is 121 Å². The smallest absolute Gasteiger partial charge is 0.251 e. The number of carbonyl (C=O) groups is 1. The van der Waals surface area contributed by atoms with E-state index < -0.39 is 0 Å². The summed E-state index contributed by atoms with van der Waals surface area (Å²) in [6.07, 6.45) is 2.75. The van der Waals surface area contributed by atoms with Crippen molar-refractivity contribution in [2.24, 2.45) is 0 Å². The standard InChI is InChI=1S/C13H16Cl2N2O2/c14-10-5-7(6-11(16)12(10)15)13(19)17-8-1-3-9(18)4-2-8/h5-6,8-9,18H,1-4,16H2,(H,17,19). The van der Waals surface area contributed by atoms with E-state index in [0.717, 1.165) is 12.8 Å². The third-order valence-electron chi connectivity index (χ3n) is 3.35. The number of carbonyl (C=O) groups excluding carboxylic acids is 1.